The lowest BCUT2D eigenvalue weighted by atomic mass is 9.60. The third-order valence-corrected chi connectivity index (χ3v) is 4.68. The van der Waals surface area contributed by atoms with Crippen molar-refractivity contribution in [2.24, 2.45) is 17.3 Å². The van der Waals surface area contributed by atoms with Crippen LogP contribution in [0.1, 0.15) is 39.5 Å². The summed E-state index contributed by atoms with van der Waals surface area (Å²) in [5.74, 6) is -0.108. The van der Waals surface area contributed by atoms with Crippen molar-refractivity contribution < 1.29 is 19.4 Å². The summed E-state index contributed by atoms with van der Waals surface area (Å²) in [5, 5.41) is 9.05. The normalized spacial score (nSPS) is 39.4. The molecule has 98 valence electrons. The van der Waals surface area contributed by atoms with Gasteiger partial charge in [-0.1, -0.05) is 20.3 Å². The molecule has 2 aliphatic rings. The molecule has 2 rings (SSSR count). The molecule has 0 spiro atoms. The highest BCUT2D eigenvalue weighted by molar-refractivity contribution is 5.67. The predicted octanol–water partition coefficient (Wildman–Crippen LogP) is 2.28. The molecule has 0 aromatic carbocycles. The van der Waals surface area contributed by atoms with Gasteiger partial charge < -0.3 is 14.6 Å². The summed E-state index contributed by atoms with van der Waals surface area (Å²) in [6, 6.07) is 0. The number of carbonyl (C=O) groups is 1. The van der Waals surface area contributed by atoms with Crippen LogP contribution in [0.2, 0.25) is 0 Å². The Morgan fingerprint density at radius 3 is 2.59 bits per heavy atom. The van der Waals surface area contributed by atoms with E-state index in [-0.39, 0.29) is 24.0 Å². The lowest BCUT2D eigenvalue weighted by molar-refractivity contribution is -0.185. The maximum absolute atomic E-state index is 11.0. The second-order valence-corrected chi connectivity index (χ2v) is 5.57. The van der Waals surface area contributed by atoms with E-state index in [1.165, 1.54) is 0 Å². The molecule has 0 aromatic rings. The van der Waals surface area contributed by atoms with Crippen molar-refractivity contribution in [2.75, 3.05) is 13.2 Å². The molecule has 1 aliphatic carbocycles. The number of hydrogen-bond donors (Lipinski definition) is 1. The molecule has 0 unspecified atom stereocenters. The van der Waals surface area contributed by atoms with Crippen LogP contribution in [-0.4, -0.2) is 30.6 Å². The summed E-state index contributed by atoms with van der Waals surface area (Å²) in [7, 11) is 0. The first-order chi connectivity index (χ1) is 8.05. The van der Waals surface area contributed by atoms with E-state index >= 15 is 0 Å². The Balaban J connectivity index is 2.18. The van der Waals surface area contributed by atoms with Crippen LogP contribution in [0, 0.1) is 17.3 Å². The van der Waals surface area contributed by atoms with E-state index in [4.69, 9.17) is 14.6 Å². The molecule has 17 heavy (non-hydrogen) atoms. The SMILES string of the molecule is C[C@@H]1CCC[C@@H](CC(=O)O)[C@@]1(C)C1OCCO1. The van der Waals surface area contributed by atoms with Gasteiger partial charge in [-0.05, 0) is 24.7 Å². The lowest BCUT2D eigenvalue weighted by Crippen LogP contribution is -2.48. The van der Waals surface area contributed by atoms with Gasteiger partial charge in [0.05, 0.1) is 13.2 Å². The Labute approximate surface area is 102 Å². The van der Waals surface area contributed by atoms with Gasteiger partial charge >= 0.3 is 5.97 Å². The average molecular weight is 242 g/mol. The van der Waals surface area contributed by atoms with E-state index in [1.807, 2.05) is 0 Å². The number of hydrogen-bond acceptors (Lipinski definition) is 3. The van der Waals surface area contributed by atoms with Crippen molar-refractivity contribution in [3.8, 4) is 0 Å². The maximum atomic E-state index is 11.0. The van der Waals surface area contributed by atoms with Crippen LogP contribution in [0.4, 0.5) is 0 Å². The summed E-state index contributed by atoms with van der Waals surface area (Å²) in [5.41, 5.74) is -0.160. The van der Waals surface area contributed by atoms with Crippen LogP contribution in [0.25, 0.3) is 0 Å². The third kappa shape index (κ3) is 2.33. The zero-order chi connectivity index (χ0) is 12.5. The Morgan fingerprint density at radius 2 is 2.00 bits per heavy atom. The fourth-order valence-electron chi connectivity index (χ4n) is 3.37. The van der Waals surface area contributed by atoms with Crippen LogP contribution in [-0.2, 0) is 14.3 Å². The van der Waals surface area contributed by atoms with E-state index < -0.39 is 5.97 Å². The van der Waals surface area contributed by atoms with Crippen LogP contribution in [0.5, 0.6) is 0 Å². The first kappa shape index (κ1) is 12.8. The molecular weight excluding hydrogens is 220 g/mol. The van der Waals surface area contributed by atoms with Crippen molar-refractivity contribution in [2.45, 2.75) is 45.8 Å². The number of carboxylic acids is 1. The minimum atomic E-state index is -0.715. The van der Waals surface area contributed by atoms with Gasteiger partial charge in [0.2, 0.25) is 0 Å². The second kappa shape index (κ2) is 4.94. The van der Waals surface area contributed by atoms with Crippen LogP contribution < -0.4 is 0 Å². The van der Waals surface area contributed by atoms with Gasteiger partial charge in [0, 0.05) is 11.8 Å². The Hall–Kier alpha value is -0.610. The highest BCUT2D eigenvalue weighted by Gasteiger charge is 2.50. The summed E-state index contributed by atoms with van der Waals surface area (Å²) in [4.78, 5) is 11.0. The minimum Gasteiger partial charge on any atom is -0.481 e. The lowest BCUT2D eigenvalue weighted by Gasteiger charge is -2.48. The zero-order valence-corrected chi connectivity index (χ0v) is 10.6. The topological polar surface area (TPSA) is 55.8 Å². The summed E-state index contributed by atoms with van der Waals surface area (Å²) in [6.45, 7) is 5.60. The van der Waals surface area contributed by atoms with Crippen molar-refractivity contribution in [1.82, 2.24) is 0 Å². The summed E-state index contributed by atoms with van der Waals surface area (Å²) >= 11 is 0. The molecule has 3 atom stereocenters. The summed E-state index contributed by atoms with van der Waals surface area (Å²) in [6.07, 6.45) is 3.22. The van der Waals surface area contributed by atoms with Gasteiger partial charge in [-0.3, -0.25) is 4.79 Å². The Morgan fingerprint density at radius 1 is 1.35 bits per heavy atom. The number of aliphatic carboxylic acids is 1. The monoisotopic (exact) mass is 242 g/mol. The van der Waals surface area contributed by atoms with Crippen molar-refractivity contribution >= 4 is 5.97 Å². The van der Waals surface area contributed by atoms with E-state index in [0.29, 0.717) is 19.1 Å². The van der Waals surface area contributed by atoms with Crippen LogP contribution in [0.3, 0.4) is 0 Å². The van der Waals surface area contributed by atoms with E-state index in [1.54, 1.807) is 0 Å². The molecule has 0 bridgehead atoms. The molecule has 0 amide bonds. The quantitative estimate of drug-likeness (QED) is 0.825. The fraction of sp³-hybridized carbons (Fsp3) is 0.923. The first-order valence-corrected chi connectivity index (χ1v) is 6.50. The van der Waals surface area contributed by atoms with Crippen molar-refractivity contribution in [3.63, 3.8) is 0 Å². The maximum Gasteiger partial charge on any atom is 0.303 e. The van der Waals surface area contributed by atoms with E-state index in [2.05, 4.69) is 13.8 Å². The van der Waals surface area contributed by atoms with Gasteiger partial charge in [0.15, 0.2) is 6.29 Å². The zero-order valence-electron chi connectivity index (χ0n) is 10.6. The van der Waals surface area contributed by atoms with Crippen molar-refractivity contribution in [1.29, 1.82) is 0 Å². The molecule has 1 saturated heterocycles. The van der Waals surface area contributed by atoms with E-state index in [9.17, 15) is 4.79 Å². The van der Waals surface area contributed by atoms with Gasteiger partial charge in [-0.2, -0.15) is 0 Å². The molecule has 1 heterocycles. The highest BCUT2D eigenvalue weighted by atomic mass is 16.7. The minimum absolute atomic E-state index is 0.159. The van der Waals surface area contributed by atoms with Crippen LogP contribution in [0.15, 0.2) is 0 Å². The van der Waals surface area contributed by atoms with Gasteiger partial charge in [-0.25, -0.2) is 0 Å². The Bertz CT molecular complexity index is 285. The molecule has 0 radical (unpaired) electrons. The smallest absolute Gasteiger partial charge is 0.303 e. The first-order valence-electron chi connectivity index (χ1n) is 6.50. The van der Waals surface area contributed by atoms with Crippen molar-refractivity contribution in [3.05, 3.63) is 0 Å². The predicted molar refractivity (Wildman–Crippen MR) is 62.6 cm³/mol. The average Bonchev–Trinajstić information content (AvgIpc) is 2.78. The van der Waals surface area contributed by atoms with Crippen LogP contribution >= 0.6 is 0 Å². The molecular formula is C13H22O4. The molecule has 1 saturated carbocycles. The molecule has 4 heteroatoms. The molecule has 1 aliphatic heterocycles. The Kier molecular flexibility index (Phi) is 3.73. The van der Waals surface area contributed by atoms with Gasteiger partial charge in [-0.15, -0.1) is 0 Å². The molecule has 4 nitrogen and oxygen atoms in total. The molecule has 2 fully saturated rings. The third-order valence-electron chi connectivity index (χ3n) is 4.68. The number of ether oxygens (including phenoxy) is 2. The number of rotatable bonds is 3. The van der Waals surface area contributed by atoms with Gasteiger partial charge in [0.25, 0.3) is 0 Å². The molecule has 1 N–H and O–H groups in total. The van der Waals surface area contributed by atoms with Gasteiger partial charge in [0.1, 0.15) is 0 Å². The largest absolute Gasteiger partial charge is 0.481 e. The second-order valence-electron chi connectivity index (χ2n) is 5.57. The number of carboxylic acid groups (broad SMARTS) is 1. The van der Waals surface area contributed by atoms with E-state index in [0.717, 1.165) is 19.3 Å². The highest BCUT2D eigenvalue weighted by Crippen LogP contribution is 2.50. The molecule has 0 aromatic heterocycles. The standard InChI is InChI=1S/C13H22O4/c1-9-4-3-5-10(8-11(14)15)13(9,2)12-16-6-7-17-12/h9-10,12H,3-8H2,1-2H3,(H,14,15)/t9-,10+,13+/m1/s1. The summed E-state index contributed by atoms with van der Waals surface area (Å²) < 4.78 is 11.3. The fourth-order valence-corrected chi connectivity index (χ4v) is 3.37.